The third kappa shape index (κ3) is 4.06. The molecule has 36 heavy (non-hydrogen) atoms. The van der Waals surface area contributed by atoms with Crippen molar-refractivity contribution in [2.75, 3.05) is 0 Å². The maximum atomic E-state index is 14.4. The smallest absolute Gasteiger partial charge is 0.131 e. The molecule has 0 atom stereocenters. The number of thiophene rings is 1. The van der Waals surface area contributed by atoms with Gasteiger partial charge in [-0.3, -0.25) is 10.8 Å². The van der Waals surface area contributed by atoms with Crippen molar-refractivity contribution in [2.24, 2.45) is 11.5 Å². The van der Waals surface area contributed by atoms with E-state index < -0.39 is 0 Å². The molecule has 0 saturated heterocycles. The van der Waals surface area contributed by atoms with Crippen molar-refractivity contribution in [3.63, 3.8) is 0 Å². The first-order valence-corrected chi connectivity index (χ1v) is 12.3. The number of allylic oxidation sites excluding steroid dienone is 2. The van der Waals surface area contributed by atoms with Gasteiger partial charge in [-0.2, -0.15) is 0 Å². The molecule has 4 aromatic rings. The predicted molar refractivity (Wildman–Crippen MR) is 149 cm³/mol. The van der Waals surface area contributed by atoms with E-state index in [0.29, 0.717) is 22.3 Å². The van der Waals surface area contributed by atoms with Gasteiger partial charge in [-0.05, 0) is 54.3 Å². The van der Waals surface area contributed by atoms with Gasteiger partial charge >= 0.3 is 0 Å². The van der Waals surface area contributed by atoms with Gasteiger partial charge in [0.2, 0.25) is 0 Å². The van der Waals surface area contributed by atoms with Crippen LogP contribution in [0.25, 0.3) is 32.7 Å². The summed E-state index contributed by atoms with van der Waals surface area (Å²) < 4.78 is 14.4. The molecular formula is C30H25FN4S. The van der Waals surface area contributed by atoms with Gasteiger partial charge in [0.1, 0.15) is 5.82 Å². The van der Waals surface area contributed by atoms with Crippen LogP contribution in [0.4, 0.5) is 4.39 Å². The van der Waals surface area contributed by atoms with Gasteiger partial charge < -0.3 is 11.5 Å². The third-order valence-corrected chi connectivity index (χ3v) is 7.53. The lowest BCUT2D eigenvalue weighted by Gasteiger charge is -2.23. The number of halogens is 1. The molecule has 3 aromatic carbocycles. The van der Waals surface area contributed by atoms with Crippen molar-refractivity contribution in [2.45, 2.75) is 13.8 Å². The number of nitrogens with two attached hydrogens (primary N) is 2. The maximum absolute atomic E-state index is 14.4. The summed E-state index contributed by atoms with van der Waals surface area (Å²) in [6.45, 7) is 3.89. The van der Waals surface area contributed by atoms with Crippen LogP contribution in [0.2, 0.25) is 0 Å². The van der Waals surface area contributed by atoms with Crippen molar-refractivity contribution in [3.8, 4) is 21.6 Å². The summed E-state index contributed by atoms with van der Waals surface area (Å²) >= 11 is 1.52. The van der Waals surface area contributed by atoms with Crippen LogP contribution in [0.5, 0.6) is 0 Å². The van der Waals surface area contributed by atoms with E-state index >= 15 is 0 Å². The highest BCUT2D eigenvalue weighted by Crippen LogP contribution is 2.38. The molecule has 4 nitrogen and oxygen atoms in total. The van der Waals surface area contributed by atoms with Crippen molar-refractivity contribution in [3.05, 3.63) is 118 Å². The summed E-state index contributed by atoms with van der Waals surface area (Å²) in [5, 5.41) is 17.5. The minimum Gasteiger partial charge on any atom is -0.396 e. The average Bonchev–Trinajstić information content (AvgIpc) is 3.34. The van der Waals surface area contributed by atoms with E-state index in [-0.39, 0.29) is 28.6 Å². The molecule has 0 aliphatic heterocycles. The Bertz CT molecular complexity index is 1590. The molecule has 0 unspecified atom stereocenters. The molecule has 0 amide bonds. The topological polar surface area (TPSA) is 99.7 Å². The van der Waals surface area contributed by atoms with Crippen LogP contribution in [-0.2, 0) is 0 Å². The van der Waals surface area contributed by atoms with E-state index in [2.05, 4.69) is 24.3 Å². The minimum atomic E-state index is -0.286. The Hall–Kier alpha value is -4.29. The van der Waals surface area contributed by atoms with E-state index in [1.54, 1.807) is 30.3 Å². The lowest BCUT2D eigenvalue weighted by molar-refractivity contribution is 0.630. The van der Waals surface area contributed by atoms with Gasteiger partial charge in [-0.1, -0.05) is 66.2 Å². The molecule has 0 saturated carbocycles. The average molecular weight is 493 g/mol. The third-order valence-electron chi connectivity index (χ3n) is 6.38. The van der Waals surface area contributed by atoms with E-state index in [4.69, 9.17) is 22.3 Å². The van der Waals surface area contributed by atoms with Gasteiger partial charge in [0.25, 0.3) is 0 Å². The minimum absolute atomic E-state index is 0.0104. The standard InChI is InChI=1S/C30H25FN4S/c1-16-3-6-19(7-4-16)23-13-14-24(36-23)26-29(34)27(32)25(28(33)30(26)35)20-10-8-18(9-11-20)21-12-5-17(2)15-22(21)31/h3-15,32,34H,33,35H2,1-2H3. The summed E-state index contributed by atoms with van der Waals surface area (Å²) in [6.07, 6.45) is 0. The summed E-state index contributed by atoms with van der Waals surface area (Å²) in [5.74, 6) is -0.286. The van der Waals surface area contributed by atoms with E-state index in [9.17, 15) is 4.39 Å². The van der Waals surface area contributed by atoms with Crippen LogP contribution in [-0.4, -0.2) is 11.4 Å². The molecule has 6 N–H and O–H groups in total. The zero-order chi connectivity index (χ0) is 25.6. The first-order chi connectivity index (χ1) is 17.2. The van der Waals surface area contributed by atoms with Crippen LogP contribution in [0, 0.1) is 30.5 Å². The van der Waals surface area contributed by atoms with Crippen LogP contribution in [0.3, 0.4) is 0 Å². The lowest BCUT2D eigenvalue weighted by Crippen LogP contribution is -2.29. The van der Waals surface area contributed by atoms with Crippen LogP contribution in [0.1, 0.15) is 21.6 Å². The fourth-order valence-electron chi connectivity index (χ4n) is 4.36. The Morgan fingerprint density at radius 2 is 1.14 bits per heavy atom. The highest BCUT2D eigenvalue weighted by atomic mass is 32.1. The Labute approximate surface area is 213 Å². The molecule has 6 heteroatoms. The monoisotopic (exact) mass is 492 g/mol. The Morgan fingerprint density at radius 1 is 0.611 bits per heavy atom. The molecule has 0 spiro atoms. The number of nitrogens with one attached hydrogen (secondary N) is 2. The van der Waals surface area contributed by atoms with Gasteiger partial charge in [0.05, 0.1) is 22.8 Å². The molecule has 1 aromatic heterocycles. The molecule has 1 aliphatic rings. The van der Waals surface area contributed by atoms with E-state index in [1.165, 1.54) is 23.0 Å². The van der Waals surface area contributed by atoms with E-state index in [1.807, 2.05) is 32.0 Å². The summed E-state index contributed by atoms with van der Waals surface area (Å²) in [6, 6.07) is 24.5. The highest BCUT2D eigenvalue weighted by molar-refractivity contribution is 7.17. The normalized spacial score (nSPS) is 14.1. The molecule has 0 fully saturated rings. The number of aryl methyl sites for hydroxylation is 2. The zero-order valence-corrected chi connectivity index (χ0v) is 20.8. The van der Waals surface area contributed by atoms with Crippen LogP contribution in [0.15, 0.2) is 90.3 Å². The Balaban J connectivity index is 1.52. The van der Waals surface area contributed by atoms with Crippen molar-refractivity contribution >= 4 is 33.9 Å². The molecule has 5 rings (SSSR count). The molecular weight excluding hydrogens is 467 g/mol. The van der Waals surface area contributed by atoms with E-state index in [0.717, 1.165) is 26.4 Å². The van der Waals surface area contributed by atoms with Gasteiger partial charge in [0.15, 0.2) is 0 Å². The fraction of sp³-hybridized carbons (Fsp3) is 0.0667. The van der Waals surface area contributed by atoms with Crippen molar-refractivity contribution in [1.82, 2.24) is 0 Å². The number of hydrogen-bond donors (Lipinski definition) is 4. The van der Waals surface area contributed by atoms with Gasteiger partial charge in [-0.25, -0.2) is 4.39 Å². The largest absolute Gasteiger partial charge is 0.396 e. The van der Waals surface area contributed by atoms with Gasteiger partial charge in [-0.15, -0.1) is 11.3 Å². The number of hydrogen-bond acceptors (Lipinski definition) is 5. The summed E-state index contributed by atoms with van der Waals surface area (Å²) in [4.78, 5) is 1.85. The molecule has 0 bridgehead atoms. The molecule has 0 radical (unpaired) electrons. The second-order valence-corrected chi connectivity index (χ2v) is 10.0. The first kappa shape index (κ1) is 23.5. The molecule has 1 aliphatic carbocycles. The van der Waals surface area contributed by atoms with Crippen LogP contribution >= 0.6 is 11.3 Å². The zero-order valence-electron chi connectivity index (χ0n) is 19.9. The number of benzene rings is 3. The second-order valence-electron chi connectivity index (χ2n) is 8.92. The van der Waals surface area contributed by atoms with Gasteiger partial charge in [0, 0.05) is 26.5 Å². The maximum Gasteiger partial charge on any atom is 0.131 e. The highest BCUT2D eigenvalue weighted by Gasteiger charge is 2.30. The quantitative estimate of drug-likeness (QED) is 0.232. The second kappa shape index (κ2) is 9.06. The van der Waals surface area contributed by atoms with Crippen LogP contribution < -0.4 is 11.5 Å². The summed E-state index contributed by atoms with van der Waals surface area (Å²) in [7, 11) is 0. The molecule has 1 heterocycles. The number of rotatable bonds is 4. The van der Waals surface area contributed by atoms with Crippen molar-refractivity contribution in [1.29, 1.82) is 10.8 Å². The summed E-state index contributed by atoms with van der Waals surface area (Å²) in [5.41, 5.74) is 19.4. The fourth-order valence-corrected chi connectivity index (χ4v) is 5.44. The SMILES string of the molecule is Cc1ccc(-c2ccc(C3=C(N)C(N)=C(c4ccc(-c5ccc(C)cc5F)cc4)C(=N)C3=N)s2)cc1. The Morgan fingerprint density at radius 3 is 1.81 bits per heavy atom. The Kier molecular flexibility index (Phi) is 5.90. The molecule has 178 valence electrons. The predicted octanol–water partition coefficient (Wildman–Crippen LogP) is 6.93. The first-order valence-electron chi connectivity index (χ1n) is 11.5. The van der Waals surface area contributed by atoms with Crippen molar-refractivity contribution < 1.29 is 4.39 Å². The lowest BCUT2D eigenvalue weighted by atomic mass is 9.85.